The van der Waals surface area contributed by atoms with Gasteiger partial charge in [-0.05, 0) is 30.6 Å². The zero-order chi connectivity index (χ0) is 8.72. The molecule has 2 bridgehead atoms. The largest absolute Gasteiger partial charge is 0.0878 e. The third-order valence-electron chi connectivity index (χ3n) is 3.18. The Morgan fingerprint density at radius 2 is 1.92 bits per heavy atom. The first-order valence-electron chi connectivity index (χ1n) is 5.06. The maximum Gasteiger partial charge on any atom is 0.0276 e. The topological polar surface area (TPSA) is 0 Å². The molecule has 3 fully saturated rings. The van der Waals surface area contributed by atoms with Crippen molar-refractivity contribution in [1.82, 2.24) is 0 Å². The third kappa shape index (κ3) is 1.26. The lowest BCUT2D eigenvalue weighted by atomic mass is 9.60. The minimum absolute atomic E-state index is 0.739. The molecule has 68 valence electrons. The van der Waals surface area contributed by atoms with E-state index in [4.69, 9.17) is 0 Å². The lowest BCUT2D eigenvalue weighted by molar-refractivity contribution is 0.231. The highest BCUT2D eigenvalue weighted by Gasteiger charge is 2.46. The molecule has 0 nitrogen and oxygen atoms in total. The number of alkyl halides is 1. The Morgan fingerprint density at radius 3 is 2.33 bits per heavy atom. The molecule has 0 spiro atoms. The number of hydrogen-bond acceptors (Lipinski definition) is 0. The Morgan fingerprint density at radius 1 is 1.33 bits per heavy atom. The SMILES string of the molecule is CC(C)C=C1[C@H]2CCC[C@@H]1C2Br. The number of hydrogen-bond donors (Lipinski definition) is 0. The molecular weight excluding hydrogens is 212 g/mol. The Labute approximate surface area is 83.6 Å². The predicted molar refractivity (Wildman–Crippen MR) is 56.5 cm³/mol. The molecule has 3 atom stereocenters. The highest BCUT2D eigenvalue weighted by molar-refractivity contribution is 9.09. The van der Waals surface area contributed by atoms with Crippen LogP contribution in [0.1, 0.15) is 33.1 Å². The standard InChI is InChI=1S/C11H17Br/c1-7(2)6-10-8-4-3-5-9(10)11(8)12/h6-9,11H,3-5H2,1-2H3/t8-,9+,11?. The van der Waals surface area contributed by atoms with Crippen LogP contribution in [0.4, 0.5) is 0 Å². The predicted octanol–water partition coefficient (Wildman–Crippen LogP) is 3.76. The van der Waals surface area contributed by atoms with E-state index in [1.54, 1.807) is 5.57 Å². The van der Waals surface area contributed by atoms with Gasteiger partial charge in [-0.2, -0.15) is 0 Å². The first-order valence-corrected chi connectivity index (χ1v) is 5.97. The lowest BCUT2D eigenvalue weighted by Gasteiger charge is -2.49. The van der Waals surface area contributed by atoms with Gasteiger partial charge in [-0.1, -0.05) is 47.8 Å². The molecule has 12 heavy (non-hydrogen) atoms. The van der Waals surface area contributed by atoms with Gasteiger partial charge in [0.05, 0.1) is 0 Å². The molecule has 3 aliphatic rings. The van der Waals surface area contributed by atoms with Gasteiger partial charge in [0, 0.05) is 4.83 Å². The summed E-state index contributed by atoms with van der Waals surface area (Å²) in [5, 5.41) is 0. The molecule has 0 amide bonds. The Kier molecular flexibility index (Phi) is 2.33. The molecule has 3 saturated carbocycles. The van der Waals surface area contributed by atoms with Gasteiger partial charge >= 0.3 is 0 Å². The highest BCUT2D eigenvalue weighted by Crippen LogP contribution is 2.54. The molecule has 3 aliphatic carbocycles. The molecule has 0 aliphatic heterocycles. The Balaban J connectivity index is 2.11. The van der Waals surface area contributed by atoms with Gasteiger partial charge in [-0.3, -0.25) is 0 Å². The molecule has 1 heteroatoms. The summed E-state index contributed by atoms with van der Waals surface area (Å²) in [7, 11) is 0. The van der Waals surface area contributed by atoms with Crippen molar-refractivity contribution < 1.29 is 0 Å². The molecular formula is C11H17Br. The summed E-state index contributed by atoms with van der Waals surface area (Å²) in [5.74, 6) is 2.53. The van der Waals surface area contributed by atoms with Crippen molar-refractivity contribution in [3.05, 3.63) is 11.6 Å². The molecule has 3 rings (SSSR count). The van der Waals surface area contributed by atoms with E-state index in [1.807, 2.05) is 0 Å². The van der Waals surface area contributed by atoms with Crippen molar-refractivity contribution >= 4 is 15.9 Å². The average molecular weight is 229 g/mol. The summed E-state index contributed by atoms with van der Waals surface area (Å²) in [6, 6.07) is 0. The maximum atomic E-state index is 3.79. The van der Waals surface area contributed by atoms with E-state index in [1.165, 1.54) is 19.3 Å². The molecule has 0 radical (unpaired) electrons. The molecule has 0 saturated heterocycles. The van der Waals surface area contributed by atoms with Gasteiger partial charge < -0.3 is 0 Å². The first-order chi connectivity index (χ1) is 5.70. The summed E-state index contributed by atoms with van der Waals surface area (Å²) in [6.07, 6.45) is 6.79. The number of rotatable bonds is 1. The zero-order valence-electron chi connectivity index (χ0n) is 7.89. The molecule has 0 N–H and O–H groups in total. The number of halogens is 1. The lowest BCUT2D eigenvalue weighted by Crippen LogP contribution is -2.44. The van der Waals surface area contributed by atoms with E-state index >= 15 is 0 Å². The summed E-state index contributed by atoms with van der Waals surface area (Å²) >= 11 is 3.79. The smallest absolute Gasteiger partial charge is 0.0276 e. The average Bonchev–Trinajstić information content (AvgIpc) is 2.05. The second-order valence-corrected chi connectivity index (χ2v) is 5.56. The van der Waals surface area contributed by atoms with Gasteiger partial charge in [0.25, 0.3) is 0 Å². The number of allylic oxidation sites excluding steroid dienone is 2. The highest BCUT2D eigenvalue weighted by atomic mass is 79.9. The van der Waals surface area contributed by atoms with Crippen LogP contribution in [0.5, 0.6) is 0 Å². The fraction of sp³-hybridized carbons (Fsp3) is 0.818. The number of fused-ring (bicyclic) bond motifs is 2. The molecule has 0 aromatic heterocycles. The van der Waals surface area contributed by atoms with Crippen LogP contribution < -0.4 is 0 Å². The van der Waals surface area contributed by atoms with Crippen LogP contribution in [-0.4, -0.2) is 4.83 Å². The zero-order valence-corrected chi connectivity index (χ0v) is 9.47. The van der Waals surface area contributed by atoms with E-state index in [0.29, 0.717) is 0 Å². The van der Waals surface area contributed by atoms with Crippen molar-refractivity contribution in [3.8, 4) is 0 Å². The first kappa shape index (κ1) is 8.80. The van der Waals surface area contributed by atoms with Crippen LogP contribution in [0.15, 0.2) is 11.6 Å². The molecule has 1 unspecified atom stereocenters. The van der Waals surface area contributed by atoms with Crippen molar-refractivity contribution in [2.75, 3.05) is 0 Å². The summed E-state index contributed by atoms with van der Waals surface area (Å²) in [5.41, 5.74) is 1.76. The second-order valence-electron chi connectivity index (χ2n) is 4.50. The van der Waals surface area contributed by atoms with Crippen LogP contribution in [-0.2, 0) is 0 Å². The van der Waals surface area contributed by atoms with E-state index in [9.17, 15) is 0 Å². The monoisotopic (exact) mass is 228 g/mol. The van der Waals surface area contributed by atoms with Crippen LogP contribution in [0, 0.1) is 17.8 Å². The van der Waals surface area contributed by atoms with Gasteiger partial charge in [0.15, 0.2) is 0 Å². The van der Waals surface area contributed by atoms with E-state index in [0.717, 1.165) is 22.6 Å². The maximum absolute atomic E-state index is 3.79. The van der Waals surface area contributed by atoms with E-state index in [2.05, 4.69) is 35.9 Å². The van der Waals surface area contributed by atoms with Crippen molar-refractivity contribution in [1.29, 1.82) is 0 Å². The van der Waals surface area contributed by atoms with E-state index in [-0.39, 0.29) is 0 Å². The van der Waals surface area contributed by atoms with Crippen LogP contribution >= 0.6 is 15.9 Å². The minimum Gasteiger partial charge on any atom is -0.0878 e. The molecule has 0 aromatic carbocycles. The molecule has 0 heterocycles. The van der Waals surface area contributed by atoms with Crippen LogP contribution in [0.2, 0.25) is 0 Å². The Hall–Kier alpha value is 0.220. The third-order valence-corrected chi connectivity index (χ3v) is 4.46. The Bertz CT molecular complexity index is 191. The van der Waals surface area contributed by atoms with Crippen molar-refractivity contribution in [2.45, 2.75) is 37.9 Å². The summed E-state index contributed by atoms with van der Waals surface area (Å²) in [6.45, 7) is 4.56. The van der Waals surface area contributed by atoms with Crippen molar-refractivity contribution in [2.24, 2.45) is 17.8 Å². The van der Waals surface area contributed by atoms with Gasteiger partial charge in [-0.15, -0.1) is 0 Å². The van der Waals surface area contributed by atoms with Crippen LogP contribution in [0.3, 0.4) is 0 Å². The quantitative estimate of drug-likeness (QED) is 0.474. The molecule has 0 aromatic rings. The summed E-state index contributed by atoms with van der Waals surface area (Å²) < 4.78 is 0. The fourth-order valence-electron chi connectivity index (χ4n) is 2.65. The van der Waals surface area contributed by atoms with Gasteiger partial charge in [0.1, 0.15) is 0 Å². The van der Waals surface area contributed by atoms with Gasteiger partial charge in [0.2, 0.25) is 0 Å². The van der Waals surface area contributed by atoms with E-state index < -0.39 is 0 Å². The minimum atomic E-state index is 0.739. The van der Waals surface area contributed by atoms with Gasteiger partial charge in [-0.25, -0.2) is 0 Å². The second kappa shape index (κ2) is 3.17. The summed E-state index contributed by atoms with van der Waals surface area (Å²) in [4.78, 5) is 0.816. The van der Waals surface area contributed by atoms with Crippen molar-refractivity contribution in [3.63, 3.8) is 0 Å². The normalized spacial score (nSPS) is 43.3. The van der Waals surface area contributed by atoms with Crippen LogP contribution in [0.25, 0.3) is 0 Å². The fourth-order valence-corrected chi connectivity index (χ4v) is 3.79.